The first-order valence-electron chi connectivity index (χ1n) is 8.67. The van der Waals surface area contributed by atoms with E-state index in [0.717, 1.165) is 39.8 Å². The first-order chi connectivity index (χ1) is 12.5. The van der Waals surface area contributed by atoms with E-state index in [1.54, 1.807) is 23.1 Å². The molecule has 5 nitrogen and oxygen atoms in total. The Balaban J connectivity index is 1.63. The van der Waals surface area contributed by atoms with E-state index in [-0.39, 0.29) is 18.2 Å². The number of amides is 1. The molecule has 0 atom stereocenters. The second kappa shape index (κ2) is 8.68. The standard InChI is InChI=1S/C19H22N2O3S2/c1-13-20-15(11-25-13)12-26-17-5-3-2-4-16(17)19(24)21-8-6-14(7-9-21)10-18(22)23/h2-5,11,14H,6-10,12H2,1H3,(H,22,23). The molecule has 1 aliphatic heterocycles. The molecule has 0 bridgehead atoms. The summed E-state index contributed by atoms with van der Waals surface area (Å²) in [5.41, 5.74) is 1.76. The minimum Gasteiger partial charge on any atom is -0.481 e. The Bertz CT molecular complexity index is 783. The van der Waals surface area contributed by atoms with Crippen LogP contribution in [0.4, 0.5) is 0 Å². The van der Waals surface area contributed by atoms with E-state index < -0.39 is 5.97 Å². The molecule has 1 aromatic heterocycles. The number of carboxylic acid groups (broad SMARTS) is 1. The molecular formula is C19H22N2O3S2. The monoisotopic (exact) mass is 390 g/mol. The van der Waals surface area contributed by atoms with Gasteiger partial charge in [-0.05, 0) is 37.8 Å². The van der Waals surface area contributed by atoms with Crippen LogP contribution < -0.4 is 0 Å². The molecule has 2 aromatic rings. The lowest BCUT2D eigenvalue weighted by atomic mass is 9.93. The smallest absolute Gasteiger partial charge is 0.303 e. The quantitative estimate of drug-likeness (QED) is 0.753. The molecule has 0 unspecified atom stereocenters. The highest BCUT2D eigenvalue weighted by molar-refractivity contribution is 7.98. The summed E-state index contributed by atoms with van der Waals surface area (Å²) < 4.78 is 0. The fourth-order valence-corrected chi connectivity index (χ4v) is 4.81. The number of carbonyl (C=O) groups excluding carboxylic acids is 1. The highest BCUT2D eigenvalue weighted by Crippen LogP contribution is 2.29. The van der Waals surface area contributed by atoms with Crippen LogP contribution in [0.1, 0.15) is 40.3 Å². The Morgan fingerprint density at radius 1 is 1.31 bits per heavy atom. The Hall–Kier alpha value is -1.86. The second-order valence-electron chi connectivity index (χ2n) is 6.48. The number of likely N-dealkylation sites (tertiary alicyclic amines) is 1. The molecule has 0 radical (unpaired) electrons. The van der Waals surface area contributed by atoms with Crippen LogP contribution in [0, 0.1) is 12.8 Å². The molecule has 2 heterocycles. The van der Waals surface area contributed by atoms with Gasteiger partial charge in [0.1, 0.15) is 0 Å². The zero-order chi connectivity index (χ0) is 18.5. The van der Waals surface area contributed by atoms with E-state index in [4.69, 9.17) is 5.11 Å². The Labute approximate surface area is 161 Å². The molecule has 138 valence electrons. The average Bonchev–Trinajstić information content (AvgIpc) is 3.05. The summed E-state index contributed by atoms with van der Waals surface area (Å²) in [6, 6.07) is 7.70. The van der Waals surface area contributed by atoms with Gasteiger partial charge in [0.05, 0.1) is 16.3 Å². The lowest BCUT2D eigenvalue weighted by Crippen LogP contribution is -2.39. The zero-order valence-corrected chi connectivity index (χ0v) is 16.3. The fourth-order valence-electron chi connectivity index (χ4n) is 3.15. The van der Waals surface area contributed by atoms with E-state index in [2.05, 4.69) is 10.4 Å². The van der Waals surface area contributed by atoms with Gasteiger partial charge < -0.3 is 10.0 Å². The van der Waals surface area contributed by atoms with Gasteiger partial charge in [0.25, 0.3) is 5.91 Å². The third-order valence-electron chi connectivity index (χ3n) is 4.52. The normalized spacial score (nSPS) is 15.2. The molecule has 26 heavy (non-hydrogen) atoms. The van der Waals surface area contributed by atoms with Gasteiger partial charge in [-0.2, -0.15) is 0 Å². The maximum absolute atomic E-state index is 12.9. The number of carbonyl (C=O) groups is 2. The lowest BCUT2D eigenvalue weighted by molar-refractivity contribution is -0.138. The first kappa shape index (κ1) is 18.9. The number of aromatic nitrogens is 1. The number of benzene rings is 1. The molecule has 1 aromatic carbocycles. The summed E-state index contributed by atoms with van der Waals surface area (Å²) in [5, 5.41) is 12.0. The van der Waals surface area contributed by atoms with Crippen molar-refractivity contribution in [2.75, 3.05) is 13.1 Å². The third kappa shape index (κ3) is 4.86. The highest BCUT2D eigenvalue weighted by Gasteiger charge is 2.26. The maximum Gasteiger partial charge on any atom is 0.303 e. The molecule has 1 N–H and O–H groups in total. The predicted molar refractivity (Wildman–Crippen MR) is 104 cm³/mol. The second-order valence-corrected chi connectivity index (χ2v) is 8.56. The largest absolute Gasteiger partial charge is 0.481 e. The number of aryl methyl sites for hydroxylation is 1. The molecular weight excluding hydrogens is 368 g/mol. The average molecular weight is 391 g/mol. The predicted octanol–water partition coefficient (Wildman–Crippen LogP) is 4.07. The van der Waals surface area contributed by atoms with Crippen molar-refractivity contribution in [2.24, 2.45) is 5.92 Å². The Morgan fingerprint density at radius 3 is 2.69 bits per heavy atom. The molecule has 0 spiro atoms. The topological polar surface area (TPSA) is 70.5 Å². The molecule has 1 amide bonds. The minimum atomic E-state index is -0.756. The van der Waals surface area contributed by atoms with Gasteiger partial charge in [-0.3, -0.25) is 9.59 Å². The van der Waals surface area contributed by atoms with Crippen LogP contribution in [0.15, 0.2) is 34.5 Å². The number of nitrogens with zero attached hydrogens (tertiary/aromatic N) is 2. The minimum absolute atomic E-state index is 0.0383. The van der Waals surface area contributed by atoms with Crippen LogP contribution >= 0.6 is 23.1 Å². The number of carboxylic acids is 1. The van der Waals surface area contributed by atoms with E-state index in [0.29, 0.717) is 13.1 Å². The van der Waals surface area contributed by atoms with Gasteiger partial charge in [0.2, 0.25) is 0 Å². The van der Waals surface area contributed by atoms with Crippen LogP contribution in [-0.4, -0.2) is 40.0 Å². The molecule has 3 rings (SSSR count). The number of hydrogen-bond acceptors (Lipinski definition) is 5. The van der Waals surface area contributed by atoms with E-state index in [9.17, 15) is 9.59 Å². The zero-order valence-electron chi connectivity index (χ0n) is 14.7. The maximum atomic E-state index is 12.9. The molecule has 7 heteroatoms. The molecule has 1 fully saturated rings. The Morgan fingerprint density at radius 2 is 2.04 bits per heavy atom. The van der Waals surface area contributed by atoms with Crippen molar-refractivity contribution in [1.29, 1.82) is 0 Å². The van der Waals surface area contributed by atoms with Crippen molar-refractivity contribution >= 4 is 35.0 Å². The van der Waals surface area contributed by atoms with Crippen molar-refractivity contribution in [3.8, 4) is 0 Å². The summed E-state index contributed by atoms with van der Waals surface area (Å²) in [6.07, 6.45) is 1.71. The van der Waals surface area contributed by atoms with Gasteiger partial charge in [-0.1, -0.05) is 12.1 Å². The van der Waals surface area contributed by atoms with Crippen LogP contribution in [0.5, 0.6) is 0 Å². The molecule has 1 aliphatic rings. The van der Waals surface area contributed by atoms with E-state index >= 15 is 0 Å². The van der Waals surface area contributed by atoms with E-state index in [1.807, 2.05) is 36.1 Å². The lowest BCUT2D eigenvalue weighted by Gasteiger charge is -2.31. The third-order valence-corrected chi connectivity index (χ3v) is 6.45. The van der Waals surface area contributed by atoms with Crippen molar-refractivity contribution in [3.63, 3.8) is 0 Å². The molecule has 0 saturated carbocycles. The van der Waals surface area contributed by atoms with Crippen molar-refractivity contribution in [1.82, 2.24) is 9.88 Å². The SMILES string of the molecule is Cc1nc(CSc2ccccc2C(=O)N2CCC(CC(=O)O)CC2)cs1. The van der Waals surface area contributed by atoms with Crippen LogP contribution in [0.3, 0.4) is 0 Å². The fraction of sp³-hybridized carbons (Fsp3) is 0.421. The first-order valence-corrected chi connectivity index (χ1v) is 10.5. The van der Waals surface area contributed by atoms with Crippen LogP contribution in [-0.2, 0) is 10.5 Å². The number of thioether (sulfide) groups is 1. The summed E-state index contributed by atoms with van der Waals surface area (Å²) >= 11 is 3.27. The number of piperidine rings is 1. The van der Waals surface area contributed by atoms with Gasteiger partial charge >= 0.3 is 5.97 Å². The Kier molecular flexibility index (Phi) is 6.32. The van der Waals surface area contributed by atoms with Gasteiger partial charge in [0, 0.05) is 35.5 Å². The summed E-state index contributed by atoms with van der Waals surface area (Å²) in [5.74, 6) is 0.203. The summed E-state index contributed by atoms with van der Waals surface area (Å²) in [7, 11) is 0. The summed E-state index contributed by atoms with van der Waals surface area (Å²) in [4.78, 5) is 31.1. The van der Waals surface area contributed by atoms with Crippen LogP contribution in [0.2, 0.25) is 0 Å². The van der Waals surface area contributed by atoms with Gasteiger partial charge in [-0.25, -0.2) is 4.98 Å². The van der Waals surface area contributed by atoms with Crippen molar-refractivity contribution in [2.45, 2.75) is 36.8 Å². The number of hydrogen-bond donors (Lipinski definition) is 1. The number of rotatable bonds is 6. The van der Waals surface area contributed by atoms with Gasteiger partial charge in [0.15, 0.2) is 0 Å². The van der Waals surface area contributed by atoms with E-state index in [1.165, 1.54) is 0 Å². The molecule has 1 saturated heterocycles. The van der Waals surface area contributed by atoms with Crippen LogP contribution in [0.25, 0.3) is 0 Å². The van der Waals surface area contributed by atoms with Gasteiger partial charge in [-0.15, -0.1) is 23.1 Å². The number of thiazole rings is 1. The van der Waals surface area contributed by atoms with Crippen molar-refractivity contribution in [3.05, 3.63) is 45.9 Å². The number of aliphatic carboxylic acids is 1. The highest BCUT2D eigenvalue weighted by atomic mass is 32.2. The summed E-state index contributed by atoms with van der Waals surface area (Å²) in [6.45, 7) is 3.24. The molecule has 0 aliphatic carbocycles. The van der Waals surface area contributed by atoms with Crippen molar-refractivity contribution < 1.29 is 14.7 Å².